The van der Waals surface area contributed by atoms with Crippen LogP contribution in [0.3, 0.4) is 0 Å². The lowest BCUT2D eigenvalue weighted by atomic mass is 9.60. The van der Waals surface area contributed by atoms with Gasteiger partial charge in [0.05, 0.1) is 0 Å². The minimum absolute atomic E-state index is 0.463. The Labute approximate surface area is 132 Å². The summed E-state index contributed by atoms with van der Waals surface area (Å²) in [6.07, 6.45) is 11.8. The van der Waals surface area contributed by atoms with Crippen molar-refractivity contribution in [1.29, 1.82) is 0 Å². The predicted molar refractivity (Wildman–Crippen MR) is 92.0 cm³/mol. The quantitative estimate of drug-likeness (QED) is 0.793. The van der Waals surface area contributed by atoms with E-state index in [1.165, 1.54) is 57.8 Å². The Morgan fingerprint density at radius 1 is 0.762 bits per heavy atom. The van der Waals surface area contributed by atoms with Gasteiger partial charge in [0.2, 0.25) is 0 Å². The van der Waals surface area contributed by atoms with E-state index in [1.54, 1.807) is 0 Å². The molecule has 0 saturated heterocycles. The van der Waals surface area contributed by atoms with Gasteiger partial charge in [0.1, 0.15) is 0 Å². The number of rotatable bonds is 5. The molecular weight excluding hydrogens is 256 g/mol. The first-order valence-electron chi connectivity index (χ1n) is 9.61. The molecule has 2 nitrogen and oxygen atoms in total. The van der Waals surface area contributed by atoms with Crippen LogP contribution in [0.2, 0.25) is 0 Å². The Balaban J connectivity index is 2.10. The van der Waals surface area contributed by atoms with Crippen molar-refractivity contribution < 1.29 is 0 Å². The topological polar surface area (TPSA) is 52.0 Å². The zero-order valence-electron chi connectivity index (χ0n) is 14.6. The van der Waals surface area contributed by atoms with Gasteiger partial charge in [-0.2, -0.15) is 0 Å². The molecule has 6 atom stereocenters. The fourth-order valence-corrected chi connectivity index (χ4v) is 5.64. The van der Waals surface area contributed by atoms with Gasteiger partial charge in [-0.1, -0.05) is 40.0 Å². The van der Waals surface area contributed by atoms with E-state index in [0.717, 1.165) is 29.6 Å². The third-order valence-electron chi connectivity index (χ3n) is 6.78. The summed E-state index contributed by atoms with van der Waals surface area (Å²) in [6.45, 7) is 7.17. The first-order valence-corrected chi connectivity index (χ1v) is 9.61. The molecule has 124 valence electrons. The predicted octanol–water partition coefficient (Wildman–Crippen LogP) is 4.32. The normalized spacial score (nSPS) is 42.7. The fourth-order valence-electron chi connectivity index (χ4n) is 5.64. The van der Waals surface area contributed by atoms with E-state index in [4.69, 9.17) is 11.5 Å². The van der Waals surface area contributed by atoms with Gasteiger partial charge in [0, 0.05) is 12.1 Å². The molecular formula is C19H38N2. The number of hydrogen-bond acceptors (Lipinski definition) is 2. The van der Waals surface area contributed by atoms with Gasteiger partial charge >= 0.3 is 0 Å². The minimum atomic E-state index is 0.463. The van der Waals surface area contributed by atoms with E-state index in [-0.39, 0.29) is 0 Å². The smallest absolute Gasteiger partial charge is 0.00416 e. The SMILES string of the molecule is CCC1CC(N)CCC1C(CC)C1CCC(N)CC1CC. The van der Waals surface area contributed by atoms with Crippen LogP contribution in [0, 0.1) is 29.6 Å². The summed E-state index contributed by atoms with van der Waals surface area (Å²) in [5.74, 6) is 4.50. The highest BCUT2D eigenvalue weighted by atomic mass is 14.7. The third kappa shape index (κ3) is 4.01. The van der Waals surface area contributed by atoms with Gasteiger partial charge in [-0.25, -0.2) is 0 Å². The second-order valence-electron chi connectivity index (χ2n) is 7.88. The van der Waals surface area contributed by atoms with Crippen LogP contribution < -0.4 is 11.5 Å². The highest BCUT2D eigenvalue weighted by Crippen LogP contribution is 2.47. The highest BCUT2D eigenvalue weighted by Gasteiger charge is 2.40. The average Bonchev–Trinajstić information content (AvgIpc) is 2.50. The van der Waals surface area contributed by atoms with Gasteiger partial charge in [-0.15, -0.1) is 0 Å². The average molecular weight is 295 g/mol. The maximum atomic E-state index is 6.24. The van der Waals surface area contributed by atoms with E-state index in [2.05, 4.69) is 20.8 Å². The standard InChI is InChI=1S/C19H38N2/c1-4-13-11-15(20)7-9-18(13)17(6-3)19-10-8-16(21)12-14(19)5-2/h13-19H,4-12,20-21H2,1-3H3. The van der Waals surface area contributed by atoms with Crippen molar-refractivity contribution in [2.24, 2.45) is 41.1 Å². The molecule has 6 unspecified atom stereocenters. The van der Waals surface area contributed by atoms with Crippen LogP contribution in [0.1, 0.15) is 78.6 Å². The molecule has 2 heteroatoms. The molecule has 0 aromatic rings. The van der Waals surface area contributed by atoms with Crippen molar-refractivity contribution in [3.05, 3.63) is 0 Å². The minimum Gasteiger partial charge on any atom is -0.328 e. The summed E-state index contributed by atoms with van der Waals surface area (Å²) in [4.78, 5) is 0. The lowest BCUT2D eigenvalue weighted by Gasteiger charge is -2.46. The molecule has 2 saturated carbocycles. The fraction of sp³-hybridized carbons (Fsp3) is 1.00. The Kier molecular flexibility index (Phi) is 6.55. The number of hydrogen-bond donors (Lipinski definition) is 2. The van der Waals surface area contributed by atoms with Crippen LogP contribution >= 0.6 is 0 Å². The monoisotopic (exact) mass is 294 g/mol. The van der Waals surface area contributed by atoms with Crippen LogP contribution in [0.25, 0.3) is 0 Å². The van der Waals surface area contributed by atoms with Crippen molar-refractivity contribution >= 4 is 0 Å². The van der Waals surface area contributed by atoms with E-state index in [0.29, 0.717) is 12.1 Å². The summed E-state index contributed by atoms with van der Waals surface area (Å²) >= 11 is 0. The van der Waals surface area contributed by atoms with Crippen molar-refractivity contribution in [3.63, 3.8) is 0 Å². The molecule has 0 spiro atoms. The molecule has 4 N–H and O–H groups in total. The summed E-state index contributed by atoms with van der Waals surface area (Å²) in [5, 5.41) is 0. The summed E-state index contributed by atoms with van der Waals surface area (Å²) in [6, 6.07) is 0.927. The van der Waals surface area contributed by atoms with E-state index in [1.807, 2.05) is 0 Å². The van der Waals surface area contributed by atoms with Crippen molar-refractivity contribution in [3.8, 4) is 0 Å². The molecule has 0 aromatic heterocycles. The van der Waals surface area contributed by atoms with E-state index < -0.39 is 0 Å². The maximum Gasteiger partial charge on any atom is 0.00416 e. The molecule has 0 radical (unpaired) electrons. The largest absolute Gasteiger partial charge is 0.328 e. The van der Waals surface area contributed by atoms with Crippen LogP contribution in [0.5, 0.6) is 0 Å². The Bertz CT molecular complexity index is 276. The first kappa shape index (κ1) is 17.3. The Morgan fingerprint density at radius 3 is 1.52 bits per heavy atom. The molecule has 0 heterocycles. The van der Waals surface area contributed by atoms with Gasteiger partial charge in [-0.05, 0) is 68.1 Å². The lowest BCUT2D eigenvalue weighted by molar-refractivity contribution is 0.0460. The molecule has 2 aliphatic rings. The molecule has 0 aliphatic heterocycles. The molecule has 2 fully saturated rings. The zero-order chi connectivity index (χ0) is 15.4. The lowest BCUT2D eigenvalue weighted by Crippen LogP contribution is -2.42. The second kappa shape index (κ2) is 7.97. The Morgan fingerprint density at radius 2 is 1.19 bits per heavy atom. The van der Waals surface area contributed by atoms with Crippen molar-refractivity contribution in [2.45, 2.75) is 90.6 Å². The summed E-state index contributed by atoms with van der Waals surface area (Å²) < 4.78 is 0. The van der Waals surface area contributed by atoms with E-state index in [9.17, 15) is 0 Å². The van der Waals surface area contributed by atoms with Crippen LogP contribution in [-0.2, 0) is 0 Å². The van der Waals surface area contributed by atoms with Gasteiger partial charge < -0.3 is 11.5 Å². The maximum absolute atomic E-state index is 6.24. The molecule has 0 aromatic carbocycles. The van der Waals surface area contributed by atoms with Crippen molar-refractivity contribution in [2.75, 3.05) is 0 Å². The zero-order valence-corrected chi connectivity index (χ0v) is 14.6. The second-order valence-corrected chi connectivity index (χ2v) is 7.88. The Hall–Kier alpha value is -0.0800. The van der Waals surface area contributed by atoms with Gasteiger partial charge in [-0.3, -0.25) is 0 Å². The van der Waals surface area contributed by atoms with Crippen molar-refractivity contribution in [1.82, 2.24) is 0 Å². The third-order valence-corrected chi connectivity index (χ3v) is 6.78. The van der Waals surface area contributed by atoms with Crippen LogP contribution in [0.4, 0.5) is 0 Å². The molecule has 0 amide bonds. The highest BCUT2D eigenvalue weighted by molar-refractivity contribution is 4.92. The van der Waals surface area contributed by atoms with Crippen LogP contribution in [-0.4, -0.2) is 12.1 Å². The summed E-state index contributed by atoms with van der Waals surface area (Å²) in [5.41, 5.74) is 12.5. The number of nitrogens with two attached hydrogens (primary N) is 2. The molecule has 0 bridgehead atoms. The van der Waals surface area contributed by atoms with Gasteiger partial charge in [0.15, 0.2) is 0 Å². The van der Waals surface area contributed by atoms with Gasteiger partial charge in [0.25, 0.3) is 0 Å². The summed E-state index contributed by atoms with van der Waals surface area (Å²) in [7, 11) is 0. The molecule has 21 heavy (non-hydrogen) atoms. The van der Waals surface area contributed by atoms with Crippen LogP contribution in [0.15, 0.2) is 0 Å². The first-order chi connectivity index (χ1) is 10.1. The molecule has 2 rings (SSSR count). The molecule has 2 aliphatic carbocycles. The van der Waals surface area contributed by atoms with E-state index >= 15 is 0 Å².